The topological polar surface area (TPSA) is 183 Å². The van der Waals surface area contributed by atoms with Gasteiger partial charge in [-0.2, -0.15) is 0 Å². The van der Waals surface area contributed by atoms with E-state index in [1.807, 2.05) is 0 Å². The number of aliphatic carboxylic acids is 1. The van der Waals surface area contributed by atoms with E-state index in [1.54, 1.807) is 26.8 Å². The van der Waals surface area contributed by atoms with Gasteiger partial charge in [-0.15, -0.1) is 0 Å². The molecule has 0 radical (unpaired) electrons. The van der Waals surface area contributed by atoms with Crippen molar-refractivity contribution < 1.29 is 49.4 Å². The predicted octanol–water partition coefficient (Wildman–Crippen LogP) is 4.81. The summed E-state index contributed by atoms with van der Waals surface area (Å²) in [6.07, 6.45) is 4.96. The first-order chi connectivity index (χ1) is 23.4. The van der Waals surface area contributed by atoms with Gasteiger partial charge in [0.2, 0.25) is 12.7 Å². The van der Waals surface area contributed by atoms with Crippen LogP contribution < -0.4 is 10.1 Å². The van der Waals surface area contributed by atoms with E-state index in [0.717, 1.165) is 32.1 Å². The number of phenolic OH excluding ortho intramolecular Hbond substituents is 1. The maximum Gasteiger partial charge on any atom is 0.326 e. The lowest BCUT2D eigenvalue weighted by molar-refractivity contribution is -0.207. The van der Waals surface area contributed by atoms with E-state index in [0.29, 0.717) is 24.8 Å². The molecule has 0 unspecified atom stereocenters. The summed E-state index contributed by atoms with van der Waals surface area (Å²) in [5.74, 6) is -1.15. The van der Waals surface area contributed by atoms with Crippen molar-refractivity contribution in [2.75, 3.05) is 6.79 Å². The number of aromatic hydroxyl groups is 1. The molecule has 0 saturated heterocycles. The normalized spacial score (nSPS) is 36.3. The molecule has 1 aromatic rings. The highest BCUT2D eigenvalue weighted by Crippen LogP contribution is 2.68. The van der Waals surface area contributed by atoms with Crippen LogP contribution in [0.4, 0.5) is 0 Å². The highest BCUT2D eigenvalue weighted by atomic mass is 16.7. The molecule has 1 aromatic carbocycles. The van der Waals surface area contributed by atoms with Gasteiger partial charge in [0.1, 0.15) is 6.04 Å². The number of carboxylic acid groups (broad SMARTS) is 1. The number of amides is 1. The molecule has 12 atom stereocenters. The first kappa shape index (κ1) is 38.3. The van der Waals surface area contributed by atoms with Gasteiger partial charge in [0.15, 0.2) is 11.5 Å². The highest BCUT2D eigenvalue weighted by molar-refractivity contribution is 5.83. The van der Waals surface area contributed by atoms with E-state index >= 15 is 0 Å². The molecular formula is C39H59NO10. The molecule has 5 rings (SSSR count). The van der Waals surface area contributed by atoms with Crippen molar-refractivity contribution in [1.82, 2.24) is 5.32 Å². The standard InChI is InChI=1S/C39H59NO10/c1-21(25-9-10-26-34-27(19-32(44)39(25,26)6)38(5)14-13-24(41)17-23(38)18-30(34)43)7-12-33(45)40-28(35(46)47)15-22-8-11-31(29(42)16-22)49-20-50-36(48)37(2,3)4/h8,11,16,21,23-28,30,32,34,41-44H,7,9-10,12-15,17-20H2,1-6H3,(H,40,45)(H,46,47)/t21-,23+,24-,25-,26+,27+,28+,30-,32+,34+,38+,39-/m1/s1. The lowest BCUT2D eigenvalue weighted by Crippen LogP contribution is -2.62. The van der Waals surface area contributed by atoms with Crippen LogP contribution >= 0.6 is 0 Å². The molecule has 0 aliphatic heterocycles. The first-order valence-corrected chi connectivity index (χ1v) is 18.5. The number of benzene rings is 1. The Morgan fingerprint density at radius 3 is 2.40 bits per heavy atom. The van der Waals surface area contributed by atoms with E-state index in [4.69, 9.17) is 9.47 Å². The average molecular weight is 702 g/mol. The SMILES string of the molecule is C[C@H](CCC(=O)N[C@@H](Cc1ccc(OCOC(=O)C(C)(C)C)c(O)c1)C(=O)O)[C@H]1CC[C@H]2[C@@H]3[C@H](O)C[C@@H]4C[C@H](O)CC[C@]4(C)[C@H]3C[C@H](O)[C@]12C. The van der Waals surface area contributed by atoms with Crippen LogP contribution in [0.2, 0.25) is 0 Å². The maximum atomic E-state index is 13.1. The fraction of sp³-hybridized carbons (Fsp3) is 0.769. The monoisotopic (exact) mass is 701 g/mol. The minimum absolute atomic E-state index is 0.00494. The van der Waals surface area contributed by atoms with Crippen LogP contribution in [0.15, 0.2) is 18.2 Å². The quantitative estimate of drug-likeness (QED) is 0.138. The molecule has 11 heteroatoms. The minimum atomic E-state index is -1.21. The Hall–Kier alpha value is -2.89. The number of carbonyl (C=O) groups excluding carboxylic acids is 2. The van der Waals surface area contributed by atoms with Crippen LogP contribution in [-0.2, 0) is 25.5 Å². The number of nitrogens with one attached hydrogen (secondary N) is 1. The van der Waals surface area contributed by atoms with Crippen molar-refractivity contribution in [3.05, 3.63) is 23.8 Å². The predicted molar refractivity (Wildman–Crippen MR) is 185 cm³/mol. The van der Waals surface area contributed by atoms with Gasteiger partial charge in [0.05, 0.1) is 23.7 Å². The van der Waals surface area contributed by atoms with E-state index in [2.05, 4.69) is 26.1 Å². The summed E-state index contributed by atoms with van der Waals surface area (Å²) in [6, 6.07) is 3.20. The third-order valence-corrected chi connectivity index (χ3v) is 13.5. The van der Waals surface area contributed by atoms with Crippen molar-refractivity contribution in [3.8, 4) is 11.5 Å². The zero-order valence-corrected chi connectivity index (χ0v) is 30.6. The van der Waals surface area contributed by atoms with Crippen molar-refractivity contribution in [2.45, 2.75) is 130 Å². The maximum absolute atomic E-state index is 13.1. The van der Waals surface area contributed by atoms with E-state index in [-0.39, 0.29) is 89.5 Å². The summed E-state index contributed by atoms with van der Waals surface area (Å²) in [6.45, 7) is 11.4. The smallest absolute Gasteiger partial charge is 0.326 e. The van der Waals surface area contributed by atoms with E-state index in [9.17, 15) is 39.9 Å². The number of hydrogen-bond donors (Lipinski definition) is 6. The number of fused-ring (bicyclic) bond motifs is 5. The van der Waals surface area contributed by atoms with Crippen LogP contribution in [0.5, 0.6) is 11.5 Å². The Labute approximate surface area is 296 Å². The molecule has 0 bridgehead atoms. The number of esters is 1. The molecule has 4 saturated carbocycles. The van der Waals surface area contributed by atoms with Crippen LogP contribution in [0, 0.1) is 51.8 Å². The highest BCUT2D eigenvalue weighted by Gasteiger charge is 2.65. The first-order valence-electron chi connectivity index (χ1n) is 18.5. The lowest BCUT2D eigenvalue weighted by Gasteiger charge is -2.63. The zero-order valence-electron chi connectivity index (χ0n) is 30.6. The fourth-order valence-electron chi connectivity index (χ4n) is 10.6. The second-order valence-corrected chi connectivity index (χ2v) is 17.5. The average Bonchev–Trinajstić information content (AvgIpc) is 3.39. The van der Waals surface area contributed by atoms with Gasteiger partial charge >= 0.3 is 11.9 Å². The molecule has 4 fully saturated rings. The Kier molecular flexibility index (Phi) is 11.2. The van der Waals surface area contributed by atoms with Crippen molar-refractivity contribution in [1.29, 1.82) is 0 Å². The van der Waals surface area contributed by atoms with Gasteiger partial charge in [-0.05, 0) is 136 Å². The Morgan fingerprint density at radius 1 is 1.02 bits per heavy atom. The Morgan fingerprint density at radius 2 is 1.74 bits per heavy atom. The number of ether oxygens (including phenoxy) is 2. The fourth-order valence-corrected chi connectivity index (χ4v) is 10.6. The second-order valence-electron chi connectivity index (χ2n) is 17.5. The van der Waals surface area contributed by atoms with Crippen molar-refractivity contribution >= 4 is 17.8 Å². The number of rotatable bonds is 11. The molecule has 4 aliphatic rings. The van der Waals surface area contributed by atoms with Gasteiger partial charge in [0, 0.05) is 12.8 Å². The zero-order chi connectivity index (χ0) is 36.8. The molecule has 280 valence electrons. The Balaban J connectivity index is 1.16. The minimum Gasteiger partial charge on any atom is -0.504 e. The number of aliphatic hydroxyl groups excluding tert-OH is 3. The molecule has 1 amide bonds. The third kappa shape index (κ3) is 7.51. The van der Waals surface area contributed by atoms with E-state index in [1.165, 1.54) is 12.1 Å². The summed E-state index contributed by atoms with van der Waals surface area (Å²) in [4.78, 5) is 37.1. The molecule has 50 heavy (non-hydrogen) atoms. The summed E-state index contributed by atoms with van der Waals surface area (Å²) in [7, 11) is 0. The second kappa shape index (κ2) is 14.6. The van der Waals surface area contributed by atoms with Crippen LogP contribution in [-0.4, -0.2) is 74.5 Å². The number of hydrogen-bond acceptors (Lipinski definition) is 9. The van der Waals surface area contributed by atoms with Crippen LogP contribution in [0.1, 0.15) is 105 Å². The number of phenols is 1. The molecule has 0 aromatic heterocycles. The van der Waals surface area contributed by atoms with Gasteiger partial charge in [0.25, 0.3) is 0 Å². The summed E-state index contributed by atoms with van der Waals surface area (Å²) < 4.78 is 10.4. The van der Waals surface area contributed by atoms with Crippen molar-refractivity contribution in [2.24, 2.45) is 51.8 Å². The largest absolute Gasteiger partial charge is 0.504 e. The van der Waals surface area contributed by atoms with Crippen LogP contribution in [0.3, 0.4) is 0 Å². The lowest BCUT2D eigenvalue weighted by atomic mass is 9.43. The molecule has 0 spiro atoms. The molecule has 0 heterocycles. The molecular weight excluding hydrogens is 642 g/mol. The van der Waals surface area contributed by atoms with E-state index < -0.39 is 35.6 Å². The molecule has 4 aliphatic carbocycles. The van der Waals surface area contributed by atoms with Crippen LogP contribution in [0.25, 0.3) is 0 Å². The van der Waals surface area contributed by atoms with Crippen molar-refractivity contribution in [3.63, 3.8) is 0 Å². The number of carboxylic acids is 1. The summed E-state index contributed by atoms with van der Waals surface area (Å²) >= 11 is 0. The number of aliphatic hydroxyl groups is 3. The van der Waals surface area contributed by atoms with Gasteiger partial charge in [-0.1, -0.05) is 26.8 Å². The third-order valence-electron chi connectivity index (χ3n) is 13.5. The molecule has 6 N–H and O–H groups in total. The summed E-state index contributed by atoms with van der Waals surface area (Å²) in [5, 5.41) is 56.7. The Bertz CT molecular complexity index is 1410. The van der Waals surface area contributed by atoms with Gasteiger partial charge in [-0.3, -0.25) is 9.59 Å². The molecule has 11 nitrogen and oxygen atoms in total. The summed E-state index contributed by atoms with van der Waals surface area (Å²) in [5.41, 5.74) is -0.602. The van der Waals surface area contributed by atoms with Gasteiger partial charge < -0.3 is 40.3 Å². The van der Waals surface area contributed by atoms with Gasteiger partial charge in [-0.25, -0.2) is 4.79 Å². The number of carbonyl (C=O) groups is 3.